The van der Waals surface area contributed by atoms with Crippen LogP contribution in [0.2, 0.25) is 0 Å². The van der Waals surface area contributed by atoms with E-state index in [1.54, 1.807) is 0 Å². The van der Waals surface area contributed by atoms with E-state index < -0.39 is 0 Å². The van der Waals surface area contributed by atoms with Crippen LogP contribution in [-0.2, 0) is 14.2 Å². The number of hydrogen-bond acceptors (Lipinski definition) is 4. The van der Waals surface area contributed by atoms with Gasteiger partial charge in [0.2, 0.25) is 0 Å². The van der Waals surface area contributed by atoms with Gasteiger partial charge in [0.15, 0.2) is 0 Å². The van der Waals surface area contributed by atoms with Crippen LogP contribution in [0.1, 0.15) is 78.4 Å². The fourth-order valence-electron chi connectivity index (χ4n) is 4.06. The fraction of sp³-hybridized carbons (Fsp3) is 0.714. The van der Waals surface area contributed by atoms with E-state index in [-0.39, 0.29) is 11.0 Å². The molecule has 0 unspecified atom stereocenters. The number of rotatable bonds is 6. The van der Waals surface area contributed by atoms with Gasteiger partial charge in [-0.05, 0) is 82.6 Å². The van der Waals surface area contributed by atoms with Crippen LogP contribution in [0.4, 0.5) is 5.69 Å². The third-order valence-electron chi connectivity index (χ3n) is 5.87. The Kier molecular flexibility index (Phi) is 8.31. The van der Waals surface area contributed by atoms with Crippen molar-refractivity contribution in [3.8, 4) is 11.8 Å². The van der Waals surface area contributed by atoms with Crippen LogP contribution >= 0.6 is 0 Å². The van der Waals surface area contributed by atoms with Crippen molar-refractivity contribution in [3.05, 3.63) is 29.3 Å². The lowest BCUT2D eigenvalue weighted by atomic mass is 9.90. The average Bonchev–Trinajstić information content (AvgIpc) is 2.65. The number of benzene rings is 1. The van der Waals surface area contributed by atoms with Gasteiger partial charge in [-0.15, -0.1) is 0 Å². The van der Waals surface area contributed by atoms with Gasteiger partial charge >= 0.3 is 0 Å². The molecule has 1 heterocycles. The molecule has 4 heteroatoms. The monoisotopic (exact) mass is 441 g/mol. The van der Waals surface area contributed by atoms with Gasteiger partial charge < -0.3 is 19.1 Å². The summed E-state index contributed by atoms with van der Waals surface area (Å²) in [5.41, 5.74) is 3.66. The molecule has 1 aliphatic carbocycles. The smallest absolute Gasteiger partial charge is 0.108 e. The minimum absolute atomic E-state index is 0.154. The normalized spacial score (nSPS) is 22.3. The summed E-state index contributed by atoms with van der Waals surface area (Å²) in [7, 11) is 0. The Hall–Kier alpha value is -1.54. The van der Waals surface area contributed by atoms with Gasteiger partial charge in [0.05, 0.1) is 30.5 Å². The second-order valence-electron chi connectivity index (χ2n) is 11.7. The fourth-order valence-corrected chi connectivity index (χ4v) is 4.06. The molecule has 0 radical (unpaired) electrons. The predicted octanol–water partition coefficient (Wildman–Crippen LogP) is 5.74. The molecule has 178 valence electrons. The van der Waals surface area contributed by atoms with E-state index in [1.807, 2.05) is 0 Å². The van der Waals surface area contributed by atoms with E-state index in [0.717, 1.165) is 50.9 Å². The maximum Gasteiger partial charge on any atom is 0.108 e. The molecule has 1 aliphatic heterocycles. The van der Waals surface area contributed by atoms with E-state index in [1.165, 1.54) is 11.3 Å². The number of ether oxygens (including phenoxy) is 3. The van der Waals surface area contributed by atoms with Crippen LogP contribution in [0.3, 0.4) is 0 Å². The quantitative estimate of drug-likeness (QED) is 0.527. The molecule has 32 heavy (non-hydrogen) atoms. The molecule has 0 N–H and O–H groups in total. The summed E-state index contributed by atoms with van der Waals surface area (Å²) in [6, 6.07) is 6.63. The Labute approximate surface area is 196 Å². The summed E-state index contributed by atoms with van der Waals surface area (Å²) >= 11 is 0. The largest absolute Gasteiger partial charge is 0.377 e. The Balaban J connectivity index is 1.43. The first-order chi connectivity index (χ1) is 15.0. The molecule has 2 aliphatic rings. The van der Waals surface area contributed by atoms with Gasteiger partial charge in [0.1, 0.15) is 6.61 Å². The van der Waals surface area contributed by atoms with Crippen molar-refractivity contribution in [2.45, 2.75) is 98.1 Å². The number of hydrogen-bond donors (Lipinski definition) is 0. The summed E-state index contributed by atoms with van der Waals surface area (Å²) in [5, 5.41) is 0. The molecule has 0 spiro atoms. The van der Waals surface area contributed by atoms with Crippen LogP contribution in [0, 0.1) is 24.2 Å². The van der Waals surface area contributed by atoms with Gasteiger partial charge in [-0.25, -0.2) is 0 Å². The van der Waals surface area contributed by atoms with Gasteiger partial charge in [0.25, 0.3) is 0 Å². The highest BCUT2D eigenvalue weighted by Gasteiger charge is 2.34. The van der Waals surface area contributed by atoms with Crippen molar-refractivity contribution in [3.63, 3.8) is 0 Å². The molecule has 0 atom stereocenters. The summed E-state index contributed by atoms with van der Waals surface area (Å²) in [4.78, 5) is 2.47. The van der Waals surface area contributed by atoms with Gasteiger partial charge in [-0.1, -0.05) is 32.6 Å². The van der Waals surface area contributed by atoms with Crippen LogP contribution in [0.15, 0.2) is 18.2 Å². The van der Waals surface area contributed by atoms with Crippen LogP contribution < -0.4 is 4.90 Å². The summed E-state index contributed by atoms with van der Waals surface area (Å²) in [5.74, 6) is 6.43. The first-order valence-corrected chi connectivity index (χ1v) is 12.2. The highest BCUT2D eigenvalue weighted by Crippen LogP contribution is 2.32. The van der Waals surface area contributed by atoms with Crippen molar-refractivity contribution < 1.29 is 14.2 Å². The molecule has 1 saturated carbocycles. The van der Waals surface area contributed by atoms with E-state index in [0.29, 0.717) is 24.9 Å². The highest BCUT2D eigenvalue weighted by molar-refractivity contribution is 5.55. The molecule has 0 amide bonds. The second kappa shape index (κ2) is 10.6. The molecule has 0 aromatic heterocycles. The number of nitrogens with zero attached hydrogens (tertiary/aromatic N) is 1. The van der Waals surface area contributed by atoms with E-state index >= 15 is 0 Å². The first kappa shape index (κ1) is 25.1. The lowest BCUT2D eigenvalue weighted by Gasteiger charge is -2.41. The maximum absolute atomic E-state index is 6.37. The van der Waals surface area contributed by atoms with Crippen LogP contribution in [0.5, 0.6) is 0 Å². The molecule has 3 rings (SSSR count). The second-order valence-corrected chi connectivity index (χ2v) is 11.7. The third kappa shape index (κ3) is 8.43. The molecule has 4 nitrogen and oxygen atoms in total. The van der Waals surface area contributed by atoms with E-state index in [4.69, 9.17) is 14.2 Å². The average molecular weight is 442 g/mol. The Morgan fingerprint density at radius 3 is 2.25 bits per heavy atom. The highest BCUT2D eigenvalue weighted by atomic mass is 16.5. The molecule has 1 aromatic rings. The van der Waals surface area contributed by atoms with Crippen LogP contribution in [0.25, 0.3) is 0 Å². The van der Waals surface area contributed by atoms with E-state index in [2.05, 4.69) is 83.4 Å². The molecule has 1 saturated heterocycles. The zero-order valence-corrected chi connectivity index (χ0v) is 21.3. The lowest BCUT2D eigenvalue weighted by molar-refractivity contribution is -0.137. The summed E-state index contributed by atoms with van der Waals surface area (Å²) < 4.78 is 18.1. The Morgan fingerprint density at radius 2 is 1.62 bits per heavy atom. The van der Waals surface area contributed by atoms with Gasteiger partial charge in [-0.2, -0.15) is 0 Å². The lowest BCUT2D eigenvalue weighted by Crippen LogP contribution is -2.44. The molecular weight excluding hydrogens is 398 g/mol. The van der Waals surface area contributed by atoms with Crippen molar-refractivity contribution in [2.75, 3.05) is 31.2 Å². The zero-order valence-electron chi connectivity index (χ0n) is 21.3. The molecule has 1 aromatic carbocycles. The van der Waals surface area contributed by atoms with Gasteiger partial charge in [-0.3, -0.25) is 0 Å². The minimum Gasteiger partial charge on any atom is -0.377 e. The standard InChI is InChI=1S/C28H43NO3/c1-21-15-22(9-8-14-31-28(5,6)7)17-23(16-21)29-12-10-24(11-13-29)32-26-18-25(19-26)30-20-27(2,3)4/h15-17,24-26H,10-14,18-20H2,1-7H3. The first-order valence-electron chi connectivity index (χ1n) is 12.2. The van der Waals surface area contributed by atoms with Crippen molar-refractivity contribution in [2.24, 2.45) is 5.41 Å². The number of anilines is 1. The van der Waals surface area contributed by atoms with Crippen molar-refractivity contribution in [1.82, 2.24) is 0 Å². The predicted molar refractivity (Wildman–Crippen MR) is 132 cm³/mol. The zero-order chi connectivity index (χ0) is 23.4. The summed E-state index contributed by atoms with van der Waals surface area (Å²) in [6.07, 6.45) is 5.41. The molecule has 2 fully saturated rings. The van der Waals surface area contributed by atoms with E-state index in [9.17, 15) is 0 Å². The van der Waals surface area contributed by atoms with Crippen LogP contribution in [-0.4, -0.2) is 50.2 Å². The van der Waals surface area contributed by atoms with Gasteiger partial charge in [0, 0.05) is 24.3 Å². The third-order valence-corrected chi connectivity index (χ3v) is 5.87. The Morgan fingerprint density at radius 1 is 0.938 bits per heavy atom. The minimum atomic E-state index is -0.154. The molecule has 0 bridgehead atoms. The van der Waals surface area contributed by atoms with Crippen molar-refractivity contribution in [1.29, 1.82) is 0 Å². The van der Waals surface area contributed by atoms with Crippen molar-refractivity contribution >= 4 is 5.69 Å². The summed E-state index contributed by atoms with van der Waals surface area (Å²) in [6.45, 7) is 18.3. The topological polar surface area (TPSA) is 30.9 Å². The number of piperidine rings is 1. The maximum atomic E-state index is 6.37. The number of aryl methyl sites for hydroxylation is 1. The molecular formula is C28H43NO3. The SMILES string of the molecule is Cc1cc(C#CCOC(C)(C)C)cc(N2CCC(OC3CC(OCC(C)(C)C)C3)CC2)c1. The Bertz CT molecular complexity index is 795.